The van der Waals surface area contributed by atoms with Crippen molar-refractivity contribution in [1.29, 1.82) is 0 Å². The van der Waals surface area contributed by atoms with Gasteiger partial charge in [-0.15, -0.1) is 0 Å². The Labute approximate surface area is 187 Å². The fourth-order valence-electron chi connectivity index (χ4n) is 4.87. The smallest absolute Gasteiger partial charge is 0.231 e. The molecule has 0 fully saturated rings. The Morgan fingerprint density at radius 1 is 0.906 bits per heavy atom. The largest absolute Gasteiger partial charge is 0.497 e. The molecule has 0 saturated heterocycles. The summed E-state index contributed by atoms with van der Waals surface area (Å²) in [5.41, 5.74) is 3.21. The summed E-state index contributed by atoms with van der Waals surface area (Å²) in [5, 5.41) is 12.5. The molecule has 0 unspecified atom stereocenters. The lowest BCUT2D eigenvalue weighted by Gasteiger charge is -2.37. The first-order valence-electron chi connectivity index (χ1n) is 10.7. The van der Waals surface area contributed by atoms with Crippen LogP contribution in [0, 0.1) is 16.0 Å². The minimum Gasteiger partial charge on any atom is -0.497 e. The number of ether oxygens (including phenoxy) is 1. The van der Waals surface area contributed by atoms with Crippen LogP contribution in [-0.4, -0.2) is 24.4 Å². The summed E-state index contributed by atoms with van der Waals surface area (Å²) in [4.78, 5) is 24.5. The maximum Gasteiger partial charge on any atom is 0.231 e. The summed E-state index contributed by atoms with van der Waals surface area (Å²) in [7, 11) is 1.60. The van der Waals surface area contributed by atoms with Gasteiger partial charge < -0.3 is 4.74 Å². The number of carbonyl (C=O) groups is 1. The maximum absolute atomic E-state index is 12.5. The summed E-state index contributed by atoms with van der Waals surface area (Å²) < 4.78 is 5.29. The lowest BCUT2D eigenvalue weighted by atomic mass is 9.65. The summed E-state index contributed by atoms with van der Waals surface area (Å²) in [6.07, 6.45) is 3.35. The molecule has 0 saturated carbocycles. The van der Waals surface area contributed by atoms with Crippen LogP contribution in [0.5, 0.6) is 5.75 Å². The minimum absolute atomic E-state index is 0.193. The highest BCUT2D eigenvalue weighted by atomic mass is 16.6. The number of hydrogen-bond acceptors (Lipinski definition) is 4. The van der Waals surface area contributed by atoms with E-state index in [0.717, 1.165) is 23.0 Å². The van der Waals surface area contributed by atoms with E-state index in [1.165, 1.54) is 0 Å². The summed E-state index contributed by atoms with van der Waals surface area (Å²) in [6, 6.07) is 25.7. The minimum atomic E-state index is -0.968. The number of benzene rings is 3. The van der Waals surface area contributed by atoms with E-state index in [2.05, 4.69) is 0 Å². The van der Waals surface area contributed by atoms with Crippen molar-refractivity contribution in [2.24, 2.45) is 5.92 Å². The average molecular weight is 428 g/mol. The van der Waals surface area contributed by atoms with Gasteiger partial charge in [0.2, 0.25) is 6.04 Å². The van der Waals surface area contributed by atoms with Gasteiger partial charge in [-0.2, -0.15) is 0 Å². The van der Waals surface area contributed by atoms with Gasteiger partial charge in [0.05, 0.1) is 18.9 Å². The molecule has 0 spiro atoms. The summed E-state index contributed by atoms with van der Waals surface area (Å²) in [6.45, 7) is 0. The number of rotatable bonds is 7. The van der Waals surface area contributed by atoms with Gasteiger partial charge in [-0.1, -0.05) is 78.9 Å². The average Bonchev–Trinajstić information content (AvgIpc) is 2.84. The quantitative estimate of drug-likeness (QED) is 0.295. The van der Waals surface area contributed by atoms with Crippen molar-refractivity contribution in [3.05, 3.63) is 123 Å². The van der Waals surface area contributed by atoms with Crippen molar-refractivity contribution in [1.82, 2.24) is 0 Å². The van der Waals surface area contributed by atoms with Gasteiger partial charge in [0.25, 0.3) is 0 Å². The first kappa shape index (κ1) is 21.5. The predicted molar refractivity (Wildman–Crippen MR) is 123 cm³/mol. The third-order valence-corrected chi connectivity index (χ3v) is 6.29. The molecule has 1 aliphatic rings. The number of methoxy groups -OCH3 is 1. The lowest BCUT2D eigenvalue weighted by molar-refractivity contribution is -0.531. The first-order chi connectivity index (χ1) is 15.6. The number of nitrogens with zero attached hydrogens (tertiary/aromatic N) is 1. The van der Waals surface area contributed by atoms with Gasteiger partial charge in [0.1, 0.15) is 12.0 Å². The zero-order valence-electron chi connectivity index (χ0n) is 17.8. The molecule has 5 heteroatoms. The highest BCUT2D eigenvalue weighted by Crippen LogP contribution is 2.46. The van der Waals surface area contributed by atoms with Crippen LogP contribution in [0.3, 0.4) is 0 Å². The summed E-state index contributed by atoms with van der Waals surface area (Å²) >= 11 is 0. The first-order valence-corrected chi connectivity index (χ1v) is 10.7. The molecule has 0 N–H and O–H groups in total. The predicted octanol–water partition coefficient (Wildman–Crippen LogP) is 5.21. The zero-order valence-corrected chi connectivity index (χ0v) is 17.8. The van der Waals surface area contributed by atoms with E-state index in [-0.39, 0.29) is 10.8 Å². The number of carbonyl (C=O) groups excluding carboxylic acids is 1. The van der Waals surface area contributed by atoms with Crippen LogP contribution >= 0.6 is 0 Å². The molecule has 3 aromatic carbocycles. The van der Waals surface area contributed by atoms with Crippen LogP contribution in [0.2, 0.25) is 0 Å². The fraction of sp³-hybridized carbons (Fsp3) is 0.222. The maximum atomic E-state index is 12.5. The second-order valence-corrected chi connectivity index (χ2v) is 8.10. The Kier molecular flexibility index (Phi) is 6.45. The molecule has 5 nitrogen and oxygen atoms in total. The Hall–Kier alpha value is -3.73. The molecule has 0 amide bonds. The van der Waals surface area contributed by atoms with E-state index in [4.69, 9.17) is 4.74 Å². The molecule has 4 rings (SSSR count). The van der Waals surface area contributed by atoms with Gasteiger partial charge in [-0.05, 0) is 41.2 Å². The molecule has 0 bridgehead atoms. The second-order valence-electron chi connectivity index (χ2n) is 8.10. The standard InChI is InChI=1S/C27H25NO4/c1-32-24-14-12-21(13-15-24)25-22(16-19-8-4-2-5-9-19)17-23(18-29)26(27(25)28(30)31)20-10-6-3-7-11-20/h2-15,17-18,22,25-27H,16H2,1H3/t22-,25+,26+,27+/m0/s1. The van der Waals surface area contributed by atoms with Crippen molar-refractivity contribution in [2.45, 2.75) is 24.3 Å². The molecule has 162 valence electrons. The van der Waals surface area contributed by atoms with Gasteiger partial charge in [0.15, 0.2) is 0 Å². The molecular formula is C27H25NO4. The van der Waals surface area contributed by atoms with Crippen LogP contribution < -0.4 is 4.74 Å². The molecule has 1 aliphatic carbocycles. The van der Waals surface area contributed by atoms with E-state index in [9.17, 15) is 14.9 Å². The summed E-state index contributed by atoms with van der Waals surface area (Å²) in [5.74, 6) is -0.500. The van der Waals surface area contributed by atoms with Crippen molar-refractivity contribution in [3.8, 4) is 5.75 Å². The molecule has 0 radical (unpaired) electrons. The van der Waals surface area contributed by atoms with Gasteiger partial charge in [-0.3, -0.25) is 14.9 Å². The Balaban J connectivity index is 1.87. The normalized spacial score (nSPS) is 22.6. The monoisotopic (exact) mass is 427 g/mol. The number of hydrogen-bond donors (Lipinski definition) is 0. The van der Waals surface area contributed by atoms with Crippen molar-refractivity contribution in [3.63, 3.8) is 0 Å². The van der Waals surface area contributed by atoms with Crippen LogP contribution in [-0.2, 0) is 11.2 Å². The third-order valence-electron chi connectivity index (χ3n) is 6.29. The van der Waals surface area contributed by atoms with E-state index in [1.807, 2.05) is 91.0 Å². The van der Waals surface area contributed by atoms with Gasteiger partial charge in [0, 0.05) is 10.5 Å². The van der Waals surface area contributed by atoms with E-state index in [0.29, 0.717) is 17.7 Å². The van der Waals surface area contributed by atoms with Crippen molar-refractivity contribution in [2.75, 3.05) is 7.11 Å². The Morgan fingerprint density at radius 2 is 1.53 bits per heavy atom. The van der Waals surface area contributed by atoms with Crippen molar-refractivity contribution < 1.29 is 14.5 Å². The molecule has 0 heterocycles. The van der Waals surface area contributed by atoms with Crippen LogP contribution in [0.1, 0.15) is 28.5 Å². The topological polar surface area (TPSA) is 69.4 Å². The SMILES string of the molecule is COc1ccc([C@H]2[C@@H]([N+](=O)[O-])[C@H](c3ccccc3)C(C=O)=C[C@@H]2Cc2ccccc2)cc1. The van der Waals surface area contributed by atoms with Gasteiger partial charge in [-0.25, -0.2) is 0 Å². The molecule has 4 atom stereocenters. The highest BCUT2D eigenvalue weighted by Gasteiger charge is 2.48. The molecule has 0 aromatic heterocycles. The second kappa shape index (κ2) is 9.60. The van der Waals surface area contributed by atoms with Crippen LogP contribution in [0.25, 0.3) is 0 Å². The van der Waals surface area contributed by atoms with E-state index in [1.54, 1.807) is 7.11 Å². The number of allylic oxidation sites excluding steroid dienone is 1. The van der Waals surface area contributed by atoms with E-state index >= 15 is 0 Å². The Bertz CT molecular complexity index is 1090. The Morgan fingerprint density at radius 3 is 2.09 bits per heavy atom. The van der Waals surface area contributed by atoms with Crippen LogP contribution in [0.15, 0.2) is 96.6 Å². The lowest BCUT2D eigenvalue weighted by Crippen LogP contribution is -2.42. The molecule has 32 heavy (non-hydrogen) atoms. The third kappa shape index (κ3) is 4.33. The van der Waals surface area contributed by atoms with Gasteiger partial charge >= 0.3 is 0 Å². The zero-order chi connectivity index (χ0) is 22.5. The molecular weight excluding hydrogens is 402 g/mol. The number of aldehydes is 1. The molecule has 0 aliphatic heterocycles. The number of nitro groups is 1. The van der Waals surface area contributed by atoms with Crippen LogP contribution in [0.4, 0.5) is 0 Å². The fourth-order valence-corrected chi connectivity index (χ4v) is 4.87. The highest BCUT2D eigenvalue weighted by molar-refractivity contribution is 5.77. The van der Waals surface area contributed by atoms with Crippen molar-refractivity contribution >= 4 is 6.29 Å². The molecule has 3 aromatic rings. The van der Waals surface area contributed by atoms with E-state index < -0.39 is 17.9 Å².